The van der Waals surface area contributed by atoms with Crippen molar-refractivity contribution in [3.05, 3.63) is 51.8 Å². The predicted octanol–water partition coefficient (Wildman–Crippen LogP) is 4.16. The summed E-state index contributed by atoms with van der Waals surface area (Å²) in [6.07, 6.45) is 0.453. The number of carbonyl (C=O) groups is 1. The van der Waals surface area contributed by atoms with Gasteiger partial charge in [-0.3, -0.25) is 4.79 Å². The molecule has 1 amide bonds. The summed E-state index contributed by atoms with van der Waals surface area (Å²) in [4.78, 5) is 16.1. The zero-order valence-electron chi connectivity index (χ0n) is 11.8. The number of aryl methyl sites for hydroxylation is 1. The second-order valence-corrected chi connectivity index (χ2v) is 5.89. The summed E-state index contributed by atoms with van der Waals surface area (Å²) in [5, 5.41) is 10.3. The first-order valence-corrected chi connectivity index (χ1v) is 8.04. The van der Waals surface area contributed by atoms with E-state index in [1.807, 2.05) is 16.8 Å². The standard InChI is InChI=1S/C15H11ClFN3O2S/c16-11-2-1-10(7-12(11)17)18-13(21)3-4-14-19-15(20-22-14)9-5-6-23-8-9/h1-2,5-8H,3-4H2,(H,18,21). The second kappa shape index (κ2) is 6.89. The van der Waals surface area contributed by atoms with E-state index < -0.39 is 5.82 Å². The Hall–Kier alpha value is -2.25. The van der Waals surface area contributed by atoms with Gasteiger partial charge in [-0.15, -0.1) is 0 Å². The van der Waals surface area contributed by atoms with Crippen LogP contribution in [0.2, 0.25) is 5.02 Å². The summed E-state index contributed by atoms with van der Waals surface area (Å²) in [6.45, 7) is 0. The molecule has 0 atom stereocenters. The molecule has 0 unspecified atom stereocenters. The van der Waals surface area contributed by atoms with Crippen LogP contribution in [0.1, 0.15) is 12.3 Å². The van der Waals surface area contributed by atoms with E-state index in [-0.39, 0.29) is 17.4 Å². The maximum Gasteiger partial charge on any atom is 0.227 e. The molecule has 3 aromatic rings. The molecule has 23 heavy (non-hydrogen) atoms. The lowest BCUT2D eigenvalue weighted by atomic mass is 10.2. The monoisotopic (exact) mass is 351 g/mol. The lowest BCUT2D eigenvalue weighted by molar-refractivity contribution is -0.116. The molecule has 0 saturated heterocycles. The molecule has 0 aliphatic rings. The average molecular weight is 352 g/mol. The number of aromatic nitrogens is 2. The van der Waals surface area contributed by atoms with Crippen LogP contribution in [0.25, 0.3) is 11.4 Å². The van der Waals surface area contributed by atoms with Crippen molar-refractivity contribution in [2.75, 3.05) is 5.32 Å². The van der Waals surface area contributed by atoms with E-state index in [0.29, 0.717) is 23.8 Å². The first-order chi connectivity index (χ1) is 11.1. The smallest absolute Gasteiger partial charge is 0.227 e. The van der Waals surface area contributed by atoms with Gasteiger partial charge in [-0.2, -0.15) is 16.3 Å². The lowest BCUT2D eigenvalue weighted by Gasteiger charge is -2.04. The lowest BCUT2D eigenvalue weighted by Crippen LogP contribution is -2.12. The molecular weight excluding hydrogens is 341 g/mol. The number of amides is 1. The quantitative estimate of drug-likeness (QED) is 0.749. The first-order valence-electron chi connectivity index (χ1n) is 6.72. The number of nitrogens with zero attached hydrogens (tertiary/aromatic N) is 2. The Balaban J connectivity index is 1.55. The largest absolute Gasteiger partial charge is 0.339 e. The van der Waals surface area contributed by atoms with E-state index >= 15 is 0 Å². The van der Waals surface area contributed by atoms with Crippen molar-refractivity contribution in [1.29, 1.82) is 0 Å². The number of benzene rings is 1. The Morgan fingerprint density at radius 3 is 3.00 bits per heavy atom. The highest BCUT2D eigenvalue weighted by atomic mass is 35.5. The third-order valence-corrected chi connectivity index (χ3v) is 4.01. The third-order valence-electron chi connectivity index (χ3n) is 3.02. The maximum atomic E-state index is 13.3. The van der Waals surface area contributed by atoms with Gasteiger partial charge < -0.3 is 9.84 Å². The number of thiophene rings is 1. The molecule has 0 bridgehead atoms. The summed E-state index contributed by atoms with van der Waals surface area (Å²) >= 11 is 7.13. The number of carbonyl (C=O) groups excluding carboxylic acids is 1. The van der Waals surface area contributed by atoms with Crippen molar-refractivity contribution < 1.29 is 13.7 Å². The summed E-state index contributed by atoms with van der Waals surface area (Å²) < 4.78 is 18.4. The molecule has 0 fully saturated rings. The topological polar surface area (TPSA) is 68.0 Å². The number of hydrogen-bond donors (Lipinski definition) is 1. The van der Waals surface area contributed by atoms with E-state index in [4.69, 9.17) is 16.1 Å². The second-order valence-electron chi connectivity index (χ2n) is 4.70. The van der Waals surface area contributed by atoms with E-state index in [9.17, 15) is 9.18 Å². The molecule has 118 valence electrons. The molecule has 2 heterocycles. The predicted molar refractivity (Wildman–Crippen MR) is 86.0 cm³/mol. The Bertz CT molecular complexity index is 820. The minimum atomic E-state index is -0.582. The molecule has 0 radical (unpaired) electrons. The molecule has 1 aromatic carbocycles. The highest BCUT2D eigenvalue weighted by Crippen LogP contribution is 2.20. The van der Waals surface area contributed by atoms with E-state index in [1.54, 1.807) is 0 Å². The Kier molecular flexibility index (Phi) is 4.68. The molecule has 3 rings (SSSR count). The first kappa shape index (κ1) is 15.6. The number of halogens is 2. The van der Waals surface area contributed by atoms with E-state index in [1.165, 1.54) is 29.5 Å². The SMILES string of the molecule is O=C(CCc1nc(-c2ccsc2)no1)Nc1ccc(Cl)c(F)c1. The van der Waals surface area contributed by atoms with Crippen LogP contribution >= 0.6 is 22.9 Å². The van der Waals surface area contributed by atoms with Crippen molar-refractivity contribution in [2.24, 2.45) is 0 Å². The Morgan fingerprint density at radius 2 is 2.26 bits per heavy atom. The molecular formula is C15H11ClFN3O2S. The van der Waals surface area contributed by atoms with Gasteiger partial charge in [-0.05, 0) is 29.6 Å². The normalized spacial score (nSPS) is 10.7. The number of rotatable bonds is 5. The van der Waals surface area contributed by atoms with Crippen molar-refractivity contribution in [2.45, 2.75) is 12.8 Å². The minimum absolute atomic E-state index is 0.00909. The van der Waals surface area contributed by atoms with Gasteiger partial charge in [0.2, 0.25) is 17.6 Å². The molecule has 8 heteroatoms. The van der Waals surface area contributed by atoms with Gasteiger partial charge in [0.15, 0.2) is 0 Å². The number of hydrogen-bond acceptors (Lipinski definition) is 5. The Morgan fingerprint density at radius 1 is 1.39 bits per heavy atom. The molecule has 0 saturated carbocycles. The van der Waals surface area contributed by atoms with E-state index in [0.717, 1.165) is 5.56 Å². The van der Waals surface area contributed by atoms with Gasteiger partial charge in [0, 0.05) is 29.5 Å². The molecule has 0 aliphatic carbocycles. The molecule has 0 aliphatic heterocycles. The fourth-order valence-corrected chi connectivity index (χ4v) is 2.64. The number of nitrogens with one attached hydrogen (secondary N) is 1. The highest BCUT2D eigenvalue weighted by Gasteiger charge is 2.11. The van der Waals surface area contributed by atoms with Crippen LogP contribution in [-0.2, 0) is 11.2 Å². The number of anilines is 1. The van der Waals surface area contributed by atoms with Gasteiger partial charge >= 0.3 is 0 Å². The van der Waals surface area contributed by atoms with Crippen LogP contribution in [-0.4, -0.2) is 16.0 Å². The zero-order valence-corrected chi connectivity index (χ0v) is 13.3. The van der Waals surface area contributed by atoms with E-state index in [2.05, 4.69) is 15.5 Å². The summed E-state index contributed by atoms with van der Waals surface area (Å²) in [5.74, 6) is 0.0221. The van der Waals surface area contributed by atoms with Crippen LogP contribution in [0.5, 0.6) is 0 Å². The molecule has 1 N–H and O–H groups in total. The summed E-state index contributed by atoms with van der Waals surface area (Å²) in [7, 11) is 0. The van der Waals surface area contributed by atoms with Crippen LogP contribution in [0.4, 0.5) is 10.1 Å². The third kappa shape index (κ3) is 3.94. The van der Waals surface area contributed by atoms with Gasteiger partial charge in [0.1, 0.15) is 5.82 Å². The van der Waals surface area contributed by atoms with Crippen LogP contribution < -0.4 is 5.32 Å². The van der Waals surface area contributed by atoms with Gasteiger partial charge in [-0.1, -0.05) is 16.8 Å². The van der Waals surface area contributed by atoms with Crippen molar-refractivity contribution in [3.8, 4) is 11.4 Å². The van der Waals surface area contributed by atoms with Crippen LogP contribution in [0, 0.1) is 5.82 Å². The minimum Gasteiger partial charge on any atom is -0.339 e. The van der Waals surface area contributed by atoms with Crippen LogP contribution in [0.15, 0.2) is 39.5 Å². The van der Waals surface area contributed by atoms with Gasteiger partial charge in [-0.25, -0.2) is 4.39 Å². The summed E-state index contributed by atoms with van der Waals surface area (Å²) in [6, 6.07) is 5.98. The fraction of sp³-hybridized carbons (Fsp3) is 0.133. The van der Waals surface area contributed by atoms with Crippen molar-refractivity contribution in [3.63, 3.8) is 0 Å². The van der Waals surface area contributed by atoms with Gasteiger partial charge in [0.05, 0.1) is 5.02 Å². The molecule has 2 aromatic heterocycles. The van der Waals surface area contributed by atoms with Crippen molar-refractivity contribution in [1.82, 2.24) is 10.1 Å². The maximum absolute atomic E-state index is 13.3. The zero-order chi connectivity index (χ0) is 16.2. The summed E-state index contributed by atoms with van der Waals surface area (Å²) in [5.41, 5.74) is 1.23. The highest BCUT2D eigenvalue weighted by molar-refractivity contribution is 7.08. The molecule has 0 spiro atoms. The Labute approximate surface area is 140 Å². The fourth-order valence-electron chi connectivity index (χ4n) is 1.88. The van der Waals surface area contributed by atoms with Crippen LogP contribution in [0.3, 0.4) is 0 Å². The molecule has 5 nitrogen and oxygen atoms in total. The van der Waals surface area contributed by atoms with Gasteiger partial charge in [0.25, 0.3) is 0 Å². The average Bonchev–Trinajstić information content (AvgIpc) is 3.19. The van der Waals surface area contributed by atoms with Crippen molar-refractivity contribution >= 4 is 34.5 Å².